The van der Waals surface area contributed by atoms with Gasteiger partial charge in [-0.3, -0.25) is 9.59 Å². The summed E-state index contributed by atoms with van der Waals surface area (Å²) in [7, 11) is 0. The summed E-state index contributed by atoms with van der Waals surface area (Å²) in [6.45, 7) is 3.90. The van der Waals surface area contributed by atoms with E-state index in [2.05, 4.69) is 10.6 Å². The number of carbonyl (C=O) groups is 2. The Bertz CT molecular complexity index is 962. The zero-order chi connectivity index (χ0) is 19.2. The molecule has 0 radical (unpaired) electrons. The van der Waals surface area contributed by atoms with Gasteiger partial charge in [-0.2, -0.15) is 0 Å². The maximum atomic E-state index is 12.4. The lowest BCUT2D eigenvalue weighted by molar-refractivity contribution is -0.115. The molecule has 3 aromatic rings. The van der Waals surface area contributed by atoms with Gasteiger partial charge in [-0.25, -0.2) is 0 Å². The molecular weight excluding hydrogens is 336 g/mol. The van der Waals surface area contributed by atoms with Crippen LogP contribution in [0.2, 0.25) is 0 Å². The van der Waals surface area contributed by atoms with Gasteiger partial charge < -0.3 is 10.6 Å². The standard InChI is InChI=1S/C23H22N2O2/c1-16-7-3-5-9-18(16)15-22(26)24-19-11-13-20(14-12-19)25-23(27)21-10-6-4-8-17(21)2/h3-14H,15H2,1-2H3,(H,24,26)(H,25,27). The Morgan fingerprint density at radius 2 is 1.26 bits per heavy atom. The second-order valence-electron chi connectivity index (χ2n) is 6.50. The molecule has 4 nitrogen and oxygen atoms in total. The maximum Gasteiger partial charge on any atom is 0.255 e. The van der Waals surface area contributed by atoms with E-state index in [9.17, 15) is 9.59 Å². The van der Waals surface area contributed by atoms with Crippen LogP contribution in [0.25, 0.3) is 0 Å². The smallest absolute Gasteiger partial charge is 0.255 e. The van der Waals surface area contributed by atoms with Gasteiger partial charge in [0.2, 0.25) is 5.91 Å². The van der Waals surface area contributed by atoms with E-state index >= 15 is 0 Å². The van der Waals surface area contributed by atoms with E-state index in [0.717, 1.165) is 16.7 Å². The van der Waals surface area contributed by atoms with Crippen molar-refractivity contribution in [2.45, 2.75) is 20.3 Å². The van der Waals surface area contributed by atoms with Crippen molar-refractivity contribution in [3.05, 3.63) is 95.1 Å². The zero-order valence-electron chi connectivity index (χ0n) is 15.5. The zero-order valence-corrected chi connectivity index (χ0v) is 15.5. The monoisotopic (exact) mass is 358 g/mol. The van der Waals surface area contributed by atoms with Crippen LogP contribution in [0.3, 0.4) is 0 Å². The Morgan fingerprint density at radius 1 is 0.704 bits per heavy atom. The fourth-order valence-electron chi connectivity index (χ4n) is 2.85. The van der Waals surface area contributed by atoms with Gasteiger partial charge in [0.1, 0.15) is 0 Å². The number of hydrogen-bond donors (Lipinski definition) is 2. The Hall–Kier alpha value is -3.40. The fourth-order valence-corrected chi connectivity index (χ4v) is 2.85. The molecule has 27 heavy (non-hydrogen) atoms. The summed E-state index contributed by atoms with van der Waals surface area (Å²) in [5.41, 5.74) is 5.06. The number of amides is 2. The van der Waals surface area contributed by atoms with Gasteiger partial charge in [-0.15, -0.1) is 0 Å². The highest BCUT2D eigenvalue weighted by Gasteiger charge is 2.09. The van der Waals surface area contributed by atoms with E-state index in [1.54, 1.807) is 30.3 Å². The van der Waals surface area contributed by atoms with E-state index in [4.69, 9.17) is 0 Å². The number of nitrogens with one attached hydrogen (secondary N) is 2. The molecule has 0 heterocycles. The van der Waals surface area contributed by atoms with E-state index in [1.807, 2.05) is 56.3 Å². The molecule has 0 fully saturated rings. The van der Waals surface area contributed by atoms with Crippen LogP contribution in [0.5, 0.6) is 0 Å². The molecule has 0 aliphatic heterocycles. The molecular formula is C23H22N2O2. The molecule has 3 rings (SSSR count). The van der Waals surface area contributed by atoms with Crippen molar-refractivity contribution in [1.82, 2.24) is 0 Å². The Labute approximate surface area is 159 Å². The number of carbonyl (C=O) groups excluding carboxylic acids is 2. The van der Waals surface area contributed by atoms with Crippen molar-refractivity contribution < 1.29 is 9.59 Å². The van der Waals surface area contributed by atoms with Gasteiger partial charge in [0.25, 0.3) is 5.91 Å². The van der Waals surface area contributed by atoms with Crippen molar-refractivity contribution >= 4 is 23.2 Å². The number of rotatable bonds is 5. The molecule has 0 aliphatic rings. The molecule has 2 N–H and O–H groups in total. The number of benzene rings is 3. The minimum atomic E-state index is -0.149. The number of anilines is 2. The molecule has 0 atom stereocenters. The van der Waals surface area contributed by atoms with Gasteiger partial charge in [0, 0.05) is 16.9 Å². The van der Waals surface area contributed by atoms with Gasteiger partial charge in [0.05, 0.1) is 6.42 Å². The van der Waals surface area contributed by atoms with Crippen LogP contribution in [0.15, 0.2) is 72.8 Å². The van der Waals surface area contributed by atoms with Crippen LogP contribution in [0.1, 0.15) is 27.0 Å². The Kier molecular flexibility index (Phi) is 5.67. The van der Waals surface area contributed by atoms with Crippen molar-refractivity contribution in [2.24, 2.45) is 0 Å². The first-order chi connectivity index (χ1) is 13.0. The van der Waals surface area contributed by atoms with Gasteiger partial charge in [-0.05, 0) is 60.9 Å². The summed E-state index contributed by atoms with van der Waals surface area (Å²) in [5.74, 6) is -0.217. The third kappa shape index (κ3) is 4.82. The van der Waals surface area contributed by atoms with Crippen LogP contribution >= 0.6 is 0 Å². The second-order valence-corrected chi connectivity index (χ2v) is 6.50. The van der Waals surface area contributed by atoms with Crippen molar-refractivity contribution in [3.8, 4) is 0 Å². The van der Waals surface area contributed by atoms with Crippen LogP contribution in [-0.2, 0) is 11.2 Å². The number of aryl methyl sites for hydroxylation is 2. The minimum absolute atomic E-state index is 0.0685. The van der Waals surface area contributed by atoms with Gasteiger partial charge >= 0.3 is 0 Å². The van der Waals surface area contributed by atoms with E-state index < -0.39 is 0 Å². The minimum Gasteiger partial charge on any atom is -0.326 e. The third-order valence-electron chi connectivity index (χ3n) is 4.43. The quantitative estimate of drug-likeness (QED) is 0.692. The summed E-state index contributed by atoms with van der Waals surface area (Å²) in [6, 6.07) is 22.4. The topological polar surface area (TPSA) is 58.2 Å². The first-order valence-corrected chi connectivity index (χ1v) is 8.84. The van der Waals surface area contributed by atoms with Gasteiger partial charge in [-0.1, -0.05) is 42.5 Å². The molecule has 0 aliphatic carbocycles. The lowest BCUT2D eigenvalue weighted by Gasteiger charge is -2.10. The highest BCUT2D eigenvalue weighted by molar-refractivity contribution is 6.05. The average molecular weight is 358 g/mol. The summed E-state index contributed by atoms with van der Waals surface area (Å²) in [4.78, 5) is 24.6. The molecule has 3 aromatic carbocycles. The SMILES string of the molecule is Cc1ccccc1CC(=O)Nc1ccc(NC(=O)c2ccccc2C)cc1. The summed E-state index contributed by atoms with van der Waals surface area (Å²) >= 11 is 0. The molecule has 2 amide bonds. The van der Waals surface area contributed by atoms with Crippen LogP contribution in [0, 0.1) is 13.8 Å². The highest BCUT2D eigenvalue weighted by atomic mass is 16.2. The summed E-state index contributed by atoms with van der Waals surface area (Å²) < 4.78 is 0. The average Bonchev–Trinajstić information content (AvgIpc) is 2.65. The molecule has 0 saturated carbocycles. The number of hydrogen-bond acceptors (Lipinski definition) is 2. The molecule has 0 bridgehead atoms. The predicted octanol–water partition coefficient (Wildman–Crippen LogP) is 4.74. The lowest BCUT2D eigenvalue weighted by atomic mass is 10.1. The molecule has 136 valence electrons. The van der Waals surface area contributed by atoms with Crippen molar-refractivity contribution in [3.63, 3.8) is 0 Å². The lowest BCUT2D eigenvalue weighted by Crippen LogP contribution is -2.15. The molecule has 0 unspecified atom stereocenters. The van der Waals surface area contributed by atoms with Gasteiger partial charge in [0.15, 0.2) is 0 Å². The molecule has 4 heteroatoms. The van der Waals surface area contributed by atoms with Crippen molar-refractivity contribution in [2.75, 3.05) is 10.6 Å². The van der Waals surface area contributed by atoms with E-state index in [0.29, 0.717) is 23.4 Å². The third-order valence-corrected chi connectivity index (χ3v) is 4.43. The first kappa shape index (κ1) is 18.4. The largest absolute Gasteiger partial charge is 0.326 e. The summed E-state index contributed by atoms with van der Waals surface area (Å²) in [5, 5.41) is 5.76. The second kappa shape index (κ2) is 8.32. The Morgan fingerprint density at radius 3 is 1.89 bits per heavy atom. The van der Waals surface area contributed by atoms with Crippen LogP contribution in [0.4, 0.5) is 11.4 Å². The first-order valence-electron chi connectivity index (χ1n) is 8.84. The molecule has 0 spiro atoms. The van der Waals surface area contributed by atoms with Crippen LogP contribution < -0.4 is 10.6 Å². The van der Waals surface area contributed by atoms with Crippen molar-refractivity contribution in [1.29, 1.82) is 0 Å². The normalized spacial score (nSPS) is 10.3. The molecule has 0 aromatic heterocycles. The van der Waals surface area contributed by atoms with E-state index in [1.165, 1.54) is 0 Å². The predicted molar refractivity (Wildman–Crippen MR) is 109 cm³/mol. The summed E-state index contributed by atoms with van der Waals surface area (Å²) in [6.07, 6.45) is 0.332. The highest BCUT2D eigenvalue weighted by Crippen LogP contribution is 2.17. The fraction of sp³-hybridized carbons (Fsp3) is 0.130. The van der Waals surface area contributed by atoms with E-state index in [-0.39, 0.29) is 11.8 Å². The maximum absolute atomic E-state index is 12.4. The van der Waals surface area contributed by atoms with Crippen LogP contribution in [-0.4, -0.2) is 11.8 Å². The molecule has 0 saturated heterocycles. The Balaban J connectivity index is 1.60.